The van der Waals surface area contributed by atoms with Crippen LogP contribution in [0.5, 0.6) is 5.88 Å². The fraction of sp³-hybridized carbons (Fsp3) is 0.407. The van der Waals surface area contributed by atoms with Crippen molar-refractivity contribution in [1.82, 2.24) is 24.7 Å². The number of aromatic nitrogens is 2. The second kappa shape index (κ2) is 11.3. The van der Waals surface area contributed by atoms with Gasteiger partial charge in [0.15, 0.2) is 0 Å². The fourth-order valence-corrected chi connectivity index (χ4v) is 4.83. The first-order valence-corrected chi connectivity index (χ1v) is 12.3. The Morgan fingerprint density at radius 2 is 1.79 bits per heavy atom. The number of amides is 2. The van der Waals surface area contributed by atoms with Gasteiger partial charge in [-0.05, 0) is 37.6 Å². The Labute approximate surface area is 220 Å². The van der Waals surface area contributed by atoms with E-state index in [0.29, 0.717) is 30.7 Å². The summed E-state index contributed by atoms with van der Waals surface area (Å²) in [6, 6.07) is 7.89. The quantitative estimate of drug-likeness (QED) is 0.356. The van der Waals surface area contributed by atoms with Crippen LogP contribution in [-0.4, -0.2) is 83.4 Å². The van der Waals surface area contributed by atoms with Crippen LogP contribution in [-0.2, 0) is 22.8 Å². The summed E-state index contributed by atoms with van der Waals surface area (Å²) in [7, 11) is 4.31. The van der Waals surface area contributed by atoms with Gasteiger partial charge in [-0.2, -0.15) is 4.98 Å². The van der Waals surface area contributed by atoms with Crippen molar-refractivity contribution in [2.75, 3.05) is 34.4 Å². The Kier molecular flexibility index (Phi) is 8.08. The predicted molar refractivity (Wildman–Crippen MR) is 138 cm³/mol. The van der Waals surface area contributed by atoms with Gasteiger partial charge in [0.25, 0.3) is 17.6 Å². The number of ketones is 1. The van der Waals surface area contributed by atoms with Gasteiger partial charge in [-0.15, -0.1) is 0 Å². The molecule has 2 amide bonds. The van der Waals surface area contributed by atoms with Gasteiger partial charge in [-0.1, -0.05) is 12.1 Å². The molecule has 3 aromatic rings. The number of nitrogens with one attached hydrogen (secondary N) is 1. The number of ether oxygens (including phenoxy) is 2. The highest BCUT2D eigenvalue weighted by atomic mass is 19.1. The van der Waals surface area contributed by atoms with Crippen LogP contribution in [0.2, 0.25) is 0 Å². The number of hydrogen-bond acceptors (Lipinski definition) is 7. The summed E-state index contributed by atoms with van der Waals surface area (Å²) in [6.45, 7) is 5.81. The van der Waals surface area contributed by atoms with E-state index in [0.717, 1.165) is 5.56 Å². The highest BCUT2D eigenvalue weighted by Gasteiger charge is 2.34. The Bertz CT molecular complexity index is 1360. The van der Waals surface area contributed by atoms with Crippen molar-refractivity contribution in [2.24, 2.45) is 0 Å². The number of carbonyl (C=O) groups excluding carboxylic acids is 3. The third kappa shape index (κ3) is 5.25. The molecule has 202 valence electrons. The lowest BCUT2D eigenvalue weighted by Gasteiger charge is -2.44. The first kappa shape index (κ1) is 27.2. The normalized spacial score (nSPS) is 18.0. The molecule has 0 saturated carbocycles. The molecule has 1 aromatic carbocycles. The molecule has 0 aliphatic carbocycles. The molecule has 0 radical (unpaired) electrons. The minimum atomic E-state index is -0.773. The zero-order valence-electron chi connectivity index (χ0n) is 22.2. The molecule has 1 N–H and O–H groups in total. The van der Waals surface area contributed by atoms with E-state index in [-0.39, 0.29) is 47.5 Å². The van der Waals surface area contributed by atoms with Gasteiger partial charge in [0.1, 0.15) is 23.8 Å². The summed E-state index contributed by atoms with van der Waals surface area (Å²) < 4.78 is 25.6. The minimum absolute atomic E-state index is 0.0380. The summed E-state index contributed by atoms with van der Waals surface area (Å²) in [5.41, 5.74) is 1.67. The number of nitrogens with zero attached hydrogens (tertiary/aromatic N) is 4. The van der Waals surface area contributed by atoms with Crippen LogP contribution in [0.3, 0.4) is 0 Å². The predicted octanol–water partition coefficient (Wildman–Crippen LogP) is 2.45. The molecule has 10 nitrogen and oxygen atoms in total. The molecule has 4 rings (SSSR count). The van der Waals surface area contributed by atoms with Crippen LogP contribution in [0.4, 0.5) is 4.39 Å². The number of hydrogen-bond donors (Lipinski definition) is 1. The lowest BCUT2D eigenvalue weighted by molar-refractivity contribution is -0.116. The van der Waals surface area contributed by atoms with E-state index < -0.39 is 11.7 Å². The van der Waals surface area contributed by atoms with Gasteiger partial charge in [-0.25, -0.2) is 4.39 Å². The molecular formula is C27H32FN5O5. The number of carbonyl (C=O) groups is 3. The average molecular weight is 526 g/mol. The van der Waals surface area contributed by atoms with E-state index in [9.17, 15) is 18.8 Å². The number of benzene rings is 1. The third-order valence-electron chi connectivity index (χ3n) is 6.86. The lowest BCUT2D eigenvalue weighted by Crippen LogP contribution is -2.57. The van der Waals surface area contributed by atoms with Crippen molar-refractivity contribution in [3.05, 3.63) is 59.0 Å². The zero-order valence-corrected chi connectivity index (χ0v) is 22.2. The van der Waals surface area contributed by atoms with Crippen molar-refractivity contribution in [3.8, 4) is 5.88 Å². The number of methoxy groups -OCH3 is 2. The summed E-state index contributed by atoms with van der Waals surface area (Å²) in [5.74, 6) is -1.96. The summed E-state index contributed by atoms with van der Waals surface area (Å²) in [4.78, 5) is 47.3. The van der Waals surface area contributed by atoms with Crippen LogP contribution < -0.4 is 10.1 Å². The van der Waals surface area contributed by atoms with Crippen molar-refractivity contribution in [2.45, 2.75) is 39.2 Å². The van der Waals surface area contributed by atoms with Gasteiger partial charge in [-0.3, -0.25) is 19.3 Å². The second-order valence-corrected chi connectivity index (χ2v) is 9.47. The van der Waals surface area contributed by atoms with Crippen LogP contribution in [0.25, 0.3) is 11.0 Å². The van der Waals surface area contributed by atoms with Gasteiger partial charge in [0, 0.05) is 57.5 Å². The maximum atomic E-state index is 13.8. The Morgan fingerprint density at radius 3 is 2.42 bits per heavy atom. The number of fused-ring (bicyclic) bond motifs is 1. The van der Waals surface area contributed by atoms with Crippen LogP contribution in [0.1, 0.15) is 40.1 Å². The molecule has 1 aliphatic heterocycles. The van der Waals surface area contributed by atoms with Crippen molar-refractivity contribution < 1.29 is 28.2 Å². The van der Waals surface area contributed by atoms with Crippen LogP contribution in [0.15, 0.2) is 36.5 Å². The van der Waals surface area contributed by atoms with Gasteiger partial charge in [0.05, 0.1) is 12.7 Å². The standard InChI is InChI=1S/C27H32FN5O5/c1-16-12-33(17(2)11-31(16)13-18-6-8-19(28)9-7-18)27(36)21-10-20-22(23(34)25(35)29-3)14-32(15-37-4)24(20)30-26(21)38-5/h6-10,14,16-17H,11-13,15H2,1-5H3,(H,29,35)/t16-,17+/m0/s1. The second-order valence-electron chi connectivity index (χ2n) is 9.47. The molecule has 3 heterocycles. The monoisotopic (exact) mass is 525 g/mol. The first-order valence-electron chi connectivity index (χ1n) is 12.3. The highest BCUT2D eigenvalue weighted by molar-refractivity contribution is 6.44. The molecule has 1 fully saturated rings. The van der Waals surface area contributed by atoms with Gasteiger partial charge < -0.3 is 24.3 Å². The zero-order chi connectivity index (χ0) is 27.6. The van der Waals surface area contributed by atoms with Crippen LogP contribution in [0, 0.1) is 5.82 Å². The molecule has 11 heteroatoms. The number of piperazine rings is 1. The Balaban J connectivity index is 1.66. The molecule has 1 aliphatic rings. The fourth-order valence-electron chi connectivity index (χ4n) is 4.83. The van der Waals surface area contributed by atoms with Crippen molar-refractivity contribution in [1.29, 1.82) is 0 Å². The topological polar surface area (TPSA) is 106 Å². The SMILES string of the molecule is CNC(=O)C(=O)c1cn(COC)c2nc(OC)c(C(=O)N3C[C@H](C)N(Cc4ccc(F)cc4)C[C@H]3C)cc12. The number of Topliss-reactive ketones (excluding diaryl/α,β-unsaturated/α-hetero) is 1. The maximum Gasteiger partial charge on any atom is 0.292 e. The van der Waals surface area contributed by atoms with Crippen molar-refractivity contribution in [3.63, 3.8) is 0 Å². The molecular weight excluding hydrogens is 493 g/mol. The molecule has 1 saturated heterocycles. The summed E-state index contributed by atoms with van der Waals surface area (Å²) >= 11 is 0. The van der Waals surface area contributed by atoms with E-state index >= 15 is 0 Å². The summed E-state index contributed by atoms with van der Waals surface area (Å²) in [5, 5.41) is 2.70. The van der Waals surface area contributed by atoms with E-state index in [1.54, 1.807) is 27.7 Å². The van der Waals surface area contributed by atoms with E-state index in [1.165, 1.54) is 39.6 Å². The Morgan fingerprint density at radius 1 is 1.08 bits per heavy atom. The largest absolute Gasteiger partial charge is 0.480 e. The molecule has 38 heavy (non-hydrogen) atoms. The number of halogens is 1. The summed E-state index contributed by atoms with van der Waals surface area (Å²) in [6.07, 6.45) is 1.49. The minimum Gasteiger partial charge on any atom is -0.480 e. The molecule has 0 unspecified atom stereocenters. The molecule has 2 aromatic heterocycles. The first-order chi connectivity index (χ1) is 18.2. The van der Waals surface area contributed by atoms with E-state index in [2.05, 4.69) is 15.2 Å². The van der Waals surface area contributed by atoms with E-state index in [4.69, 9.17) is 9.47 Å². The highest BCUT2D eigenvalue weighted by Crippen LogP contribution is 2.30. The number of rotatable bonds is 8. The lowest BCUT2D eigenvalue weighted by atomic mass is 10.0. The average Bonchev–Trinajstić information content (AvgIpc) is 3.27. The third-order valence-corrected chi connectivity index (χ3v) is 6.86. The number of likely N-dealkylation sites (N-methyl/N-ethyl adjacent to an activating group) is 1. The van der Waals surface area contributed by atoms with Gasteiger partial charge >= 0.3 is 0 Å². The van der Waals surface area contributed by atoms with E-state index in [1.807, 2.05) is 13.8 Å². The number of pyridine rings is 1. The van der Waals surface area contributed by atoms with Gasteiger partial charge in [0.2, 0.25) is 5.88 Å². The molecule has 0 bridgehead atoms. The Hall–Kier alpha value is -3.83. The molecule has 0 spiro atoms. The smallest absolute Gasteiger partial charge is 0.292 e. The maximum absolute atomic E-state index is 13.8. The van der Waals surface area contributed by atoms with Crippen LogP contribution >= 0.6 is 0 Å². The van der Waals surface area contributed by atoms with Crippen molar-refractivity contribution >= 4 is 28.6 Å². The molecule has 2 atom stereocenters.